The molecule has 0 bridgehead atoms. The molecule has 0 aromatic carbocycles. The second-order valence-electron chi connectivity index (χ2n) is 8.32. The van der Waals surface area contributed by atoms with Crippen molar-refractivity contribution >= 4 is 10.1 Å². The molecule has 0 N–H and O–H groups in total. The first-order valence-electron chi connectivity index (χ1n) is 11.6. The molecule has 0 atom stereocenters. The van der Waals surface area contributed by atoms with Crippen molar-refractivity contribution in [1.29, 1.82) is 0 Å². The van der Waals surface area contributed by atoms with Crippen LogP contribution in [0.1, 0.15) is 77.6 Å². The Morgan fingerprint density at radius 3 is 1.48 bits per heavy atom. The third-order valence-corrected chi connectivity index (χ3v) is 5.22. The van der Waals surface area contributed by atoms with Crippen molar-refractivity contribution in [1.82, 2.24) is 0 Å². The van der Waals surface area contributed by atoms with Gasteiger partial charge in [0.25, 0.3) is 0 Å². The molecule has 0 saturated heterocycles. The van der Waals surface area contributed by atoms with E-state index in [1.165, 1.54) is 81.8 Å². The highest BCUT2D eigenvalue weighted by Crippen LogP contribution is 2.15. The minimum Gasteiger partial charge on any atom is -0.748 e. The van der Waals surface area contributed by atoms with E-state index >= 15 is 0 Å². The lowest BCUT2D eigenvalue weighted by Gasteiger charge is -2.02. The molecule has 0 aliphatic heterocycles. The topological polar surface area (TPSA) is 65.0 Å². The number of hydrogen-bond acceptors (Lipinski definition) is 3. The van der Waals surface area contributed by atoms with Gasteiger partial charge in [-0.2, -0.15) is 0 Å². The molecule has 2 aromatic heterocycles. The van der Waals surface area contributed by atoms with Crippen LogP contribution in [-0.4, -0.2) is 19.2 Å². The Hall–Kier alpha value is -1.79. The van der Waals surface area contributed by atoms with Crippen molar-refractivity contribution in [2.45, 2.75) is 84.1 Å². The first-order chi connectivity index (χ1) is 14.8. The lowest BCUT2D eigenvalue weighted by Crippen LogP contribution is -2.32. The Morgan fingerprint density at radius 1 is 0.710 bits per heavy atom. The van der Waals surface area contributed by atoms with Crippen LogP contribution in [0.3, 0.4) is 0 Å². The van der Waals surface area contributed by atoms with Crippen LogP contribution in [0.15, 0.2) is 49.1 Å². The Bertz CT molecular complexity index is 796. The van der Waals surface area contributed by atoms with Crippen molar-refractivity contribution in [3.63, 3.8) is 0 Å². The van der Waals surface area contributed by atoms with E-state index in [0.717, 1.165) is 6.54 Å². The van der Waals surface area contributed by atoms with Gasteiger partial charge < -0.3 is 4.55 Å². The molecule has 174 valence electrons. The van der Waals surface area contributed by atoms with Gasteiger partial charge in [-0.3, -0.25) is 0 Å². The summed E-state index contributed by atoms with van der Waals surface area (Å²) in [6.07, 6.45) is 24.7. The minimum absolute atomic E-state index is 0.604. The predicted molar refractivity (Wildman–Crippen MR) is 125 cm³/mol. The molecular formula is C25H41N2O3S+. The Labute approximate surface area is 189 Å². The van der Waals surface area contributed by atoms with Crippen LogP contribution >= 0.6 is 0 Å². The molecule has 0 saturated carbocycles. The van der Waals surface area contributed by atoms with Crippen molar-refractivity contribution in [2.75, 3.05) is 6.26 Å². The summed E-state index contributed by atoms with van der Waals surface area (Å²) >= 11 is 0. The summed E-state index contributed by atoms with van der Waals surface area (Å²) in [7, 11) is -1.86. The molecule has 0 radical (unpaired) electrons. The number of aromatic nitrogens is 2. The number of nitrogens with zero attached hydrogens (tertiary/aromatic N) is 2. The zero-order chi connectivity index (χ0) is 23.0. The van der Waals surface area contributed by atoms with E-state index in [2.05, 4.69) is 72.2 Å². The molecule has 0 spiro atoms. The van der Waals surface area contributed by atoms with Gasteiger partial charge in [0.2, 0.25) is 0 Å². The number of pyridine rings is 2. The van der Waals surface area contributed by atoms with Gasteiger partial charge in [0.1, 0.15) is 13.6 Å². The lowest BCUT2D eigenvalue weighted by atomic mass is 10.1. The number of aryl methyl sites for hydroxylation is 2. The third kappa shape index (κ3) is 15.6. The van der Waals surface area contributed by atoms with Crippen LogP contribution < -0.4 is 9.13 Å². The molecule has 2 aromatic rings. The summed E-state index contributed by atoms with van der Waals surface area (Å²) in [6.45, 7) is 3.43. The fourth-order valence-corrected chi connectivity index (χ4v) is 3.45. The van der Waals surface area contributed by atoms with E-state index in [9.17, 15) is 0 Å². The molecule has 5 nitrogen and oxygen atoms in total. The summed E-state index contributed by atoms with van der Waals surface area (Å²) < 4.78 is 31.6. The van der Waals surface area contributed by atoms with Crippen LogP contribution in [-0.2, 0) is 23.7 Å². The van der Waals surface area contributed by atoms with E-state index in [1.807, 2.05) is 0 Å². The molecule has 0 unspecified atom stereocenters. The monoisotopic (exact) mass is 449 g/mol. The number of hydrogen-bond donors (Lipinski definition) is 0. The van der Waals surface area contributed by atoms with Crippen LogP contribution in [0.4, 0.5) is 0 Å². The van der Waals surface area contributed by atoms with Gasteiger partial charge >= 0.3 is 0 Å². The van der Waals surface area contributed by atoms with Crippen molar-refractivity contribution in [2.24, 2.45) is 7.05 Å². The maximum atomic E-state index is 9.08. The molecule has 0 aliphatic rings. The zero-order valence-corrected chi connectivity index (χ0v) is 20.4. The third-order valence-electron chi connectivity index (χ3n) is 5.22. The summed E-state index contributed by atoms with van der Waals surface area (Å²) in [5.41, 5.74) is 2.57. The van der Waals surface area contributed by atoms with E-state index < -0.39 is 10.1 Å². The largest absolute Gasteiger partial charge is 0.748 e. The highest BCUT2D eigenvalue weighted by molar-refractivity contribution is 7.84. The van der Waals surface area contributed by atoms with Crippen LogP contribution in [0, 0.1) is 0 Å². The Kier molecular flexibility index (Phi) is 14.0. The number of rotatable bonds is 13. The highest BCUT2D eigenvalue weighted by atomic mass is 32.2. The van der Waals surface area contributed by atoms with Gasteiger partial charge in [0.15, 0.2) is 24.8 Å². The summed E-state index contributed by atoms with van der Waals surface area (Å²) in [6, 6.07) is 8.80. The SMILES string of the molecule is CCCCCCCCCCCCC[n+]1ccc(-c2cc[n+](C)cc2)cc1.CS(=O)(=O)[O-]. The minimum atomic E-state index is -3.92. The maximum Gasteiger partial charge on any atom is 0.169 e. The molecular weight excluding hydrogens is 408 g/mol. The second-order valence-corrected chi connectivity index (χ2v) is 9.72. The van der Waals surface area contributed by atoms with Gasteiger partial charge in [-0.25, -0.2) is 17.6 Å². The van der Waals surface area contributed by atoms with E-state index in [4.69, 9.17) is 13.0 Å². The standard InChI is InChI=1S/C24H38N2.CH4O3S/c1-3-4-5-6-7-8-9-10-11-12-13-18-26-21-16-24(17-22-26)23-14-19-25(2)20-15-23;1-5(2,3)4/h14-17,19-22H,3-13,18H2,1-2H3;1H3,(H,2,3,4)/q+2;/p-1. The van der Waals surface area contributed by atoms with Crippen molar-refractivity contribution in [3.8, 4) is 11.1 Å². The molecule has 0 aliphatic carbocycles. The first kappa shape index (κ1) is 27.2. The fourth-order valence-electron chi connectivity index (χ4n) is 3.45. The highest BCUT2D eigenvalue weighted by Gasteiger charge is 2.04. The van der Waals surface area contributed by atoms with Crippen molar-refractivity contribution in [3.05, 3.63) is 49.1 Å². The number of unbranched alkanes of at least 4 members (excludes halogenated alkanes) is 10. The van der Waals surface area contributed by atoms with Gasteiger partial charge in [-0.15, -0.1) is 0 Å². The first-order valence-corrected chi connectivity index (χ1v) is 13.5. The van der Waals surface area contributed by atoms with E-state index in [0.29, 0.717) is 6.26 Å². The Balaban J connectivity index is 0.000000861. The Morgan fingerprint density at radius 2 is 1.06 bits per heavy atom. The van der Waals surface area contributed by atoms with Gasteiger partial charge in [0, 0.05) is 36.9 Å². The summed E-state index contributed by atoms with van der Waals surface area (Å²) in [4.78, 5) is 0. The lowest BCUT2D eigenvalue weighted by molar-refractivity contribution is -0.697. The van der Waals surface area contributed by atoms with Gasteiger partial charge in [-0.05, 0) is 17.5 Å². The van der Waals surface area contributed by atoms with Crippen LogP contribution in [0.2, 0.25) is 0 Å². The smallest absolute Gasteiger partial charge is 0.169 e. The zero-order valence-electron chi connectivity index (χ0n) is 19.6. The molecule has 0 amide bonds. The van der Waals surface area contributed by atoms with Crippen LogP contribution in [0.25, 0.3) is 11.1 Å². The summed E-state index contributed by atoms with van der Waals surface area (Å²) in [5.74, 6) is 0. The average molecular weight is 450 g/mol. The second kappa shape index (κ2) is 15.9. The summed E-state index contributed by atoms with van der Waals surface area (Å²) in [5, 5.41) is 0. The quantitative estimate of drug-likeness (QED) is 0.247. The molecule has 31 heavy (non-hydrogen) atoms. The van der Waals surface area contributed by atoms with E-state index in [-0.39, 0.29) is 0 Å². The van der Waals surface area contributed by atoms with Gasteiger partial charge in [-0.1, -0.05) is 64.7 Å². The maximum absolute atomic E-state index is 9.08. The van der Waals surface area contributed by atoms with Gasteiger partial charge in [0.05, 0.1) is 10.1 Å². The average Bonchev–Trinajstić information content (AvgIpc) is 2.72. The van der Waals surface area contributed by atoms with Crippen LogP contribution in [0.5, 0.6) is 0 Å². The normalized spacial score (nSPS) is 11.1. The molecule has 0 fully saturated rings. The molecule has 2 heterocycles. The predicted octanol–water partition coefficient (Wildman–Crippen LogP) is 4.94. The fraction of sp³-hybridized carbons (Fsp3) is 0.600. The molecule has 6 heteroatoms. The van der Waals surface area contributed by atoms with Crippen molar-refractivity contribution < 1.29 is 22.1 Å². The van der Waals surface area contributed by atoms with E-state index in [1.54, 1.807) is 0 Å². The molecule has 2 rings (SSSR count).